The first kappa shape index (κ1) is 36.4. The lowest BCUT2D eigenvalue weighted by Gasteiger charge is -2.29. The highest BCUT2D eigenvalue weighted by atomic mass is 16.3. The summed E-state index contributed by atoms with van der Waals surface area (Å²) in [6.45, 7) is 8.82. The molecule has 1 aliphatic carbocycles. The van der Waals surface area contributed by atoms with Gasteiger partial charge in [-0.2, -0.15) is 0 Å². The summed E-state index contributed by atoms with van der Waals surface area (Å²) >= 11 is 0. The fourth-order valence-corrected chi connectivity index (χ4v) is 9.50. The van der Waals surface area contributed by atoms with Gasteiger partial charge in [-0.25, -0.2) is 0 Å². The minimum absolute atomic E-state index is 0.138. The van der Waals surface area contributed by atoms with Gasteiger partial charge in [0.05, 0.1) is 5.69 Å². The molecule has 0 unspecified atom stereocenters. The van der Waals surface area contributed by atoms with Gasteiger partial charge in [-0.15, -0.1) is 0 Å². The van der Waals surface area contributed by atoms with Gasteiger partial charge < -0.3 is 9.32 Å². The van der Waals surface area contributed by atoms with Crippen molar-refractivity contribution in [1.29, 1.82) is 0 Å². The Morgan fingerprint density at radius 1 is 0.475 bits per heavy atom. The minimum atomic E-state index is -0.138. The van der Waals surface area contributed by atoms with E-state index < -0.39 is 0 Å². The van der Waals surface area contributed by atoms with Crippen LogP contribution in [0, 0.1) is 0 Å². The van der Waals surface area contributed by atoms with Crippen LogP contribution in [0.5, 0.6) is 0 Å². The normalized spacial score (nSPS) is 12.9. The Balaban J connectivity index is 1.02. The average Bonchev–Trinajstić information content (AvgIpc) is 3.80. The van der Waals surface area contributed by atoms with Gasteiger partial charge in [-0.3, -0.25) is 0 Å². The molecule has 0 fully saturated rings. The van der Waals surface area contributed by atoms with Crippen LogP contribution in [0.4, 0.5) is 17.1 Å². The van der Waals surface area contributed by atoms with Crippen molar-refractivity contribution in [2.75, 3.05) is 4.90 Å². The van der Waals surface area contributed by atoms with Gasteiger partial charge in [0.2, 0.25) is 0 Å². The van der Waals surface area contributed by atoms with E-state index in [0.717, 1.165) is 55.7 Å². The maximum Gasteiger partial charge on any atom is 0.143 e. The van der Waals surface area contributed by atoms with Crippen molar-refractivity contribution in [1.82, 2.24) is 0 Å². The van der Waals surface area contributed by atoms with Crippen LogP contribution in [0.3, 0.4) is 0 Å². The van der Waals surface area contributed by atoms with Crippen LogP contribution >= 0.6 is 0 Å². The molecule has 0 saturated carbocycles. The fraction of sp³-hybridized carbons (Fsp3) is 0.0508. The third kappa shape index (κ3) is 6.19. The molecule has 0 amide bonds. The van der Waals surface area contributed by atoms with Gasteiger partial charge in [0, 0.05) is 33.1 Å². The molecule has 0 N–H and O–H groups in total. The van der Waals surface area contributed by atoms with Crippen molar-refractivity contribution in [3.05, 3.63) is 229 Å². The SMILES string of the molecule is C=Cc1oc2c(ccc3ccccc32)c1/C=C/c1ccccc1N(c1ccc(-c2cccc(-c3ccc4ccccc4c3)c2)cc1)c1ccc2c(c1)C(C)(C)c1ccccc1-2. The minimum Gasteiger partial charge on any atom is -0.455 e. The third-order valence-corrected chi connectivity index (χ3v) is 12.7. The molecule has 2 nitrogen and oxygen atoms in total. The molecule has 0 atom stereocenters. The number of furan rings is 1. The van der Waals surface area contributed by atoms with Crippen molar-refractivity contribution in [2.45, 2.75) is 19.3 Å². The second-order valence-electron chi connectivity index (χ2n) is 16.6. The fourth-order valence-electron chi connectivity index (χ4n) is 9.50. The summed E-state index contributed by atoms with van der Waals surface area (Å²) in [6, 6.07) is 70.4. The van der Waals surface area contributed by atoms with E-state index in [2.05, 4.69) is 232 Å². The van der Waals surface area contributed by atoms with E-state index in [-0.39, 0.29) is 5.41 Å². The van der Waals surface area contributed by atoms with Gasteiger partial charge >= 0.3 is 0 Å². The van der Waals surface area contributed by atoms with E-state index in [4.69, 9.17) is 4.42 Å². The molecule has 11 rings (SSSR count). The Bertz CT molecular complexity index is 3360. The molecule has 1 aliphatic rings. The number of hydrogen-bond acceptors (Lipinski definition) is 2. The highest BCUT2D eigenvalue weighted by Gasteiger charge is 2.35. The molecular formula is C59H43NO. The molecule has 0 aliphatic heterocycles. The first-order valence-corrected chi connectivity index (χ1v) is 21.0. The van der Waals surface area contributed by atoms with Crippen LogP contribution in [-0.4, -0.2) is 0 Å². The molecular weight excluding hydrogens is 739 g/mol. The lowest BCUT2D eigenvalue weighted by Crippen LogP contribution is -2.16. The number of rotatable bonds is 8. The van der Waals surface area contributed by atoms with E-state index >= 15 is 0 Å². The maximum absolute atomic E-state index is 6.47. The largest absolute Gasteiger partial charge is 0.455 e. The predicted molar refractivity (Wildman–Crippen MR) is 260 cm³/mol. The van der Waals surface area contributed by atoms with Crippen LogP contribution in [0.25, 0.3) is 84.1 Å². The number of nitrogens with zero attached hydrogens (tertiary/aromatic N) is 1. The average molecular weight is 782 g/mol. The van der Waals surface area contributed by atoms with Crippen LogP contribution in [0.15, 0.2) is 205 Å². The molecule has 0 saturated heterocycles. The summed E-state index contributed by atoms with van der Waals surface area (Å²) in [7, 11) is 0. The molecule has 290 valence electrons. The predicted octanol–water partition coefficient (Wildman–Crippen LogP) is 16.7. The van der Waals surface area contributed by atoms with Crippen LogP contribution < -0.4 is 4.90 Å². The first-order chi connectivity index (χ1) is 29.9. The van der Waals surface area contributed by atoms with E-state index in [1.165, 1.54) is 55.3 Å². The Hall–Kier alpha value is -7.68. The van der Waals surface area contributed by atoms with Gasteiger partial charge in [0.1, 0.15) is 11.3 Å². The molecule has 9 aromatic carbocycles. The second kappa shape index (κ2) is 14.5. The molecule has 1 aromatic heterocycles. The molecule has 2 heteroatoms. The number of fused-ring (bicyclic) bond motifs is 7. The zero-order valence-corrected chi connectivity index (χ0v) is 34.3. The summed E-state index contributed by atoms with van der Waals surface area (Å²) in [5, 5.41) is 5.82. The molecule has 0 bridgehead atoms. The van der Waals surface area contributed by atoms with Crippen LogP contribution in [0.2, 0.25) is 0 Å². The zero-order chi connectivity index (χ0) is 41.1. The van der Waals surface area contributed by atoms with Crippen molar-refractivity contribution >= 4 is 67.8 Å². The Labute approximate surface area is 357 Å². The van der Waals surface area contributed by atoms with E-state index in [1.807, 2.05) is 6.08 Å². The second-order valence-corrected chi connectivity index (χ2v) is 16.6. The monoisotopic (exact) mass is 781 g/mol. The summed E-state index contributed by atoms with van der Waals surface area (Å²) in [4.78, 5) is 2.41. The van der Waals surface area contributed by atoms with E-state index in [9.17, 15) is 0 Å². The van der Waals surface area contributed by atoms with Crippen molar-refractivity contribution < 1.29 is 4.42 Å². The molecule has 10 aromatic rings. The molecule has 0 radical (unpaired) electrons. The molecule has 1 heterocycles. The van der Waals surface area contributed by atoms with Gasteiger partial charge in [-0.1, -0.05) is 172 Å². The number of para-hydroxylation sites is 1. The van der Waals surface area contributed by atoms with Gasteiger partial charge in [0.15, 0.2) is 0 Å². The number of anilines is 3. The standard InChI is InChI=1S/C59H43NO/c1-4-57-52(53-34-28-41-15-7-9-20-49(41)58(53)61-57)33-29-42-16-8-12-23-56(42)60(48-32-35-51-50-21-10-11-22-54(50)59(2,3)55(51)38-48)47-30-26-40(27-31-47)44-18-13-19-45(36-44)46-25-24-39-14-5-6-17-43(39)37-46/h4-38H,1H2,2-3H3/b33-29+. The highest BCUT2D eigenvalue weighted by molar-refractivity contribution is 6.09. The molecule has 0 spiro atoms. The third-order valence-electron chi connectivity index (χ3n) is 12.7. The quantitative estimate of drug-likeness (QED) is 0.153. The maximum atomic E-state index is 6.47. The zero-order valence-electron chi connectivity index (χ0n) is 34.3. The smallest absolute Gasteiger partial charge is 0.143 e. The summed E-state index contributed by atoms with van der Waals surface area (Å²) in [6.07, 6.45) is 6.22. The number of hydrogen-bond donors (Lipinski definition) is 0. The highest BCUT2D eigenvalue weighted by Crippen LogP contribution is 2.51. The first-order valence-electron chi connectivity index (χ1n) is 21.0. The summed E-state index contributed by atoms with van der Waals surface area (Å²) in [5.41, 5.74) is 16.2. The van der Waals surface area contributed by atoms with E-state index in [1.54, 1.807) is 0 Å². The van der Waals surface area contributed by atoms with Crippen LogP contribution in [-0.2, 0) is 5.41 Å². The Morgan fingerprint density at radius 2 is 1.13 bits per heavy atom. The number of benzene rings is 9. The van der Waals surface area contributed by atoms with Gasteiger partial charge in [0.25, 0.3) is 0 Å². The van der Waals surface area contributed by atoms with Crippen molar-refractivity contribution in [3.63, 3.8) is 0 Å². The van der Waals surface area contributed by atoms with Gasteiger partial charge in [-0.05, 0) is 127 Å². The Kier molecular flexibility index (Phi) is 8.68. The Morgan fingerprint density at radius 3 is 1.98 bits per heavy atom. The van der Waals surface area contributed by atoms with Crippen molar-refractivity contribution in [2.24, 2.45) is 0 Å². The lowest BCUT2D eigenvalue weighted by atomic mass is 9.82. The molecule has 61 heavy (non-hydrogen) atoms. The van der Waals surface area contributed by atoms with E-state index in [0.29, 0.717) is 0 Å². The summed E-state index contributed by atoms with van der Waals surface area (Å²) < 4.78 is 6.47. The topological polar surface area (TPSA) is 16.4 Å². The van der Waals surface area contributed by atoms with Crippen molar-refractivity contribution in [3.8, 4) is 33.4 Å². The summed E-state index contributed by atoms with van der Waals surface area (Å²) in [5.74, 6) is 0.762. The lowest BCUT2D eigenvalue weighted by molar-refractivity contribution is 0.607. The van der Waals surface area contributed by atoms with Crippen LogP contribution in [0.1, 0.15) is 41.9 Å².